The molecule has 3 rings (SSSR count). The minimum Gasteiger partial charge on any atom is -0.338 e. The van der Waals surface area contributed by atoms with Gasteiger partial charge < -0.3 is 10.6 Å². The van der Waals surface area contributed by atoms with E-state index in [9.17, 15) is 22.8 Å². The minimum absolute atomic E-state index is 0.303. The van der Waals surface area contributed by atoms with Crippen LogP contribution in [-0.4, -0.2) is 11.8 Å². The van der Waals surface area contributed by atoms with E-state index in [4.69, 9.17) is 0 Å². The second-order valence-electron chi connectivity index (χ2n) is 6.10. The number of benzene rings is 2. The van der Waals surface area contributed by atoms with Crippen LogP contribution in [-0.2, 0) is 15.1 Å². The molecule has 2 aromatic rings. The molecular weight excluding hydrogens is 413 g/mol. The molecule has 26 heavy (non-hydrogen) atoms. The number of hydrogen-bond donors (Lipinski definition) is 2. The Kier molecular flexibility index (Phi) is 5.04. The molecule has 0 radical (unpaired) electrons. The number of rotatable bonds is 3. The predicted octanol–water partition coefficient (Wildman–Crippen LogP) is 4.00. The highest BCUT2D eigenvalue weighted by molar-refractivity contribution is 9.10. The van der Waals surface area contributed by atoms with E-state index in [0.29, 0.717) is 25.0 Å². The zero-order valence-corrected chi connectivity index (χ0v) is 15.0. The van der Waals surface area contributed by atoms with Crippen molar-refractivity contribution < 1.29 is 22.8 Å². The Balaban J connectivity index is 1.75. The maximum absolute atomic E-state index is 13.6. The Morgan fingerprint density at radius 3 is 2.27 bits per heavy atom. The summed E-state index contributed by atoms with van der Waals surface area (Å²) >= 11 is 3.37. The predicted molar refractivity (Wildman–Crippen MR) is 92.8 cm³/mol. The summed E-state index contributed by atoms with van der Waals surface area (Å²) < 4.78 is 40.6. The van der Waals surface area contributed by atoms with Crippen LogP contribution in [0.1, 0.15) is 24.8 Å². The standard InChI is InChI=1S/C18H14BrF3N2O2/c19-11-4-1-3-10(7-11)18(5-2-6-18)24-17(26)16(25)23-15-9-13(21)12(20)8-14(15)22/h1,3-4,7-9H,2,5-6H2,(H,23,25)(H,24,26). The van der Waals surface area contributed by atoms with Crippen LogP contribution in [0.5, 0.6) is 0 Å². The lowest BCUT2D eigenvalue weighted by Crippen LogP contribution is -2.53. The van der Waals surface area contributed by atoms with Gasteiger partial charge in [-0.3, -0.25) is 9.59 Å². The van der Waals surface area contributed by atoms with E-state index in [-0.39, 0.29) is 0 Å². The Labute approximate surface area is 155 Å². The molecule has 0 unspecified atom stereocenters. The van der Waals surface area contributed by atoms with Gasteiger partial charge in [-0.1, -0.05) is 28.1 Å². The Hall–Kier alpha value is -2.35. The van der Waals surface area contributed by atoms with E-state index in [1.165, 1.54) is 0 Å². The van der Waals surface area contributed by atoms with Crippen molar-refractivity contribution in [2.45, 2.75) is 24.8 Å². The number of anilines is 1. The summed E-state index contributed by atoms with van der Waals surface area (Å²) in [6.07, 6.45) is 2.19. The molecule has 0 saturated heterocycles. The fraction of sp³-hybridized carbons (Fsp3) is 0.222. The molecule has 2 N–H and O–H groups in total. The van der Waals surface area contributed by atoms with E-state index in [1.807, 2.05) is 29.6 Å². The Morgan fingerprint density at radius 2 is 1.65 bits per heavy atom. The Morgan fingerprint density at radius 1 is 0.962 bits per heavy atom. The molecule has 136 valence electrons. The normalized spacial score (nSPS) is 15.1. The topological polar surface area (TPSA) is 58.2 Å². The first-order valence-corrected chi connectivity index (χ1v) is 8.64. The van der Waals surface area contributed by atoms with Crippen molar-refractivity contribution in [1.82, 2.24) is 5.32 Å². The van der Waals surface area contributed by atoms with E-state index < -0.39 is 40.5 Å². The Bertz CT molecular complexity index is 885. The van der Waals surface area contributed by atoms with Crippen LogP contribution in [0, 0.1) is 17.5 Å². The first-order valence-electron chi connectivity index (χ1n) is 7.85. The van der Waals surface area contributed by atoms with Crippen LogP contribution < -0.4 is 10.6 Å². The third kappa shape index (κ3) is 3.60. The van der Waals surface area contributed by atoms with Crippen molar-refractivity contribution in [3.63, 3.8) is 0 Å². The van der Waals surface area contributed by atoms with E-state index in [0.717, 1.165) is 16.5 Å². The van der Waals surface area contributed by atoms with Gasteiger partial charge in [0.1, 0.15) is 5.82 Å². The summed E-state index contributed by atoms with van der Waals surface area (Å²) in [7, 11) is 0. The number of carbonyl (C=O) groups excluding carboxylic acids is 2. The third-order valence-electron chi connectivity index (χ3n) is 4.40. The van der Waals surface area contributed by atoms with Crippen LogP contribution >= 0.6 is 15.9 Å². The second kappa shape index (κ2) is 7.11. The van der Waals surface area contributed by atoms with Crippen LogP contribution in [0.3, 0.4) is 0 Å². The molecule has 1 saturated carbocycles. The first-order chi connectivity index (χ1) is 12.3. The molecule has 1 aliphatic carbocycles. The number of hydrogen-bond acceptors (Lipinski definition) is 2. The lowest BCUT2D eigenvalue weighted by Gasteiger charge is -2.43. The van der Waals surface area contributed by atoms with Crippen LogP contribution in [0.2, 0.25) is 0 Å². The largest absolute Gasteiger partial charge is 0.338 e. The number of nitrogens with one attached hydrogen (secondary N) is 2. The van der Waals surface area contributed by atoms with Gasteiger partial charge in [-0.15, -0.1) is 0 Å². The van der Waals surface area contributed by atoms with Gasteiger partial charge in [0.15, 0.2) is 11.6 Å². The van der Waals surface area contributed by atoms with Crippen molar-refractivity contribution in [2.75, 3.05) is 5.32 Å². The van der Waals surface area contributed by atoms with Crippen molar-refractivity contribution in [3.8, 4) is 0 Å². The third-order valence-corrected chi connectivity index (χ3v) is 4.89. The highest BCUT2D eigenvalue weighted by Gasteiger charge is 2.41. The SMILES string of the molecule is O=C(Nc1cc(F)c(F)cc1F)C(=O)NC1(c2cccc(Br)c2)CCC1. The van der Waals surface area contributed by atoms with Crippen molar-refractivity contribution in [1.29, 1.82) is 0 Å². The van der Waals surface area contributed by atoms with Crippen LogP contribution in [0.4, 0.5) is 18.9 Å². The zero-order chi connectivity index (χ0) is 18.9. The first kappa shape index (κ1) is 18.4. The summed E-state index contributed by atoms with van der Waals surface area (Å²) in [5.41, 5.74) is -0.433. The molecule has 0 aliphatic heterocycles. The quantitative estimate of drug-likeness (QED) is 0.575. The maximum atomic E-state index is 13.6. The minimum atomic E-state index is -1.38. The van der Waals surface area contributed by atoms with Gasteiger partial charge in [-0.05, 0) is 37.0 Å². The van der Waals surface area contributed by atoms with Crippen molar-refractivity contribution in [2.24, 2.45) is 0 Å². The highest BCUT2D eigenvalue weighted by atomic mass is 79.9. The van der Waals surface area contributed by atoms with Crippen molar-refractivity contribution in [3.05, 3.63) is 63.9 Å². The molecule has 0 heterocycles. The van der Waals surface area contributed by atoms with Crippen LogP contribution in [0.15, 0.2) is 40.9 Å². The molecule has 4 nitrogen and oxygen atoms in total. The fourth-order valence-corrected chi connectivity index (χ4v) is 3.27. The summed E-state index contributed by atoms with van der Waals surface area (Å²) in [6, 6.07) is 8.16. The van der Waals surface area contributed by atoms with Gasteiger partial charge in [-0.25, -0.2) is 13.2 Å². The molecule has 0 atom stereocenters. The van der Waals surface area contributed by atoms with Gasteiger partial charge in [0.2, 0.25) is 0 Å². The smallest absolute Gasteiger partial charge is 0.313 e. The fourth-order valence-electron chi connectivity index (χ4n) is 2.87. The summed E-state index contributed by atoms with van der Waals surface area (Å²) in [5, 5.41) is 4.65. The second-order valence-corrected chi connectivity index (χ2v) is 7.02. The number of amides is 2. The van der Waals surface area contributed by atoms with Crippen LogP contribution in [0.25, 0.3) is 0 Å². The van der Waals surface area contributed by atoms with Gasteiger partial charge >= 0.3 is 11.8 Å². The summed E-state index contributed by atoms with van der Waals surface area (Å²) in [4.78, 5) is 24.3. The molecular formula is C18H14BrF3N2O2. The van der Waals surface area contributed by atoms with E-state index >= 15 is 0 Å². The summed E-state index contributed by atoms with van der Waals surface area (Å²) in [5.74, 6) is -6.01. The maximum Gasteiger partial charge on any atom is 0.313 e. The highest BCUT2D eigenvalue weighted by Crippen LogP contribution is 2.41. The lowest BCUT2D eigenvalue weighted by atomic mass is 9.72. The molecule has 0 spiro atoms. The number of carbonyl (C=O) groups is 2. The van der Waals surface area contributed by atoms with Crippen molar-refractivity contribution >= 4 is 33.4 Å². The molecule has 1 aliphatic rings. The lowest BCUT2D eigenvalue weighted by molar-refractivity contribution is -0.138. The van der Waals surface area contributed by atoms with Gasteiger partial charge in [-0.2, -0.15) is 0 Å². The average molecular weight is 427 g/mol. The molecule has 1 fully saturated rings. The van der Waals surface area contributed by atoms with E-state index in [2.05, 4.69) is 21.2 Å². The average Bonchev–Trinajstić information content (AvgIpc) is 2.55. The van der Waals surface area contributed by atoms with Gasteiger partial charge in [0, 0.05) is 16.6 Å². The zero-order valence-electron chi connectivity index (χ0n) is 13.4. The summed E-state index contributed by atoms with van der Waals surface area (Å²) in [6.45, 7) is 0. The van der Waals surface area contributed by atoms with Gasteiger partial charge in [0.05, 0.1) is 11.2 Å². The van der Waals surface area contributed by atoms with E-state index in [1.54, 1.807) is 0 Å². The van der Waals surface area contributed by atoms with Gasteiger partial charge in [0.25, 0.3) is 0 Å². The monoisotopic (exact) mass is 426 g/mol. The number of halogens is 4. The molecule has 8 heteroatoms. The molecule has 2 amide bonds. The molecule has 2 aromatic carbocycles. The molecule has 0 aromatic heterocycles. The molecule has 0 bridgehead atoms.